The van der Waals surface area contributed by atoms with Crippen molar-refractivity contribution in [3.8, 4) is 0 Å². The number of carbonyl (C=O) groups excluding carboxylic acids is 2. The maximum absolute atomic E-state index is 13.2. The highest BCUT2D eigenvalue weighted by Crippen LogP contribution is 2.42. The predicted molar refractivity (Wildman–Crippen MR) is 99.1 cm³/mol. The van der Waals surface area contributed by atoms with Gasteiger partial charge in [-0.2, -0.15) is 0 Å². The van der Waals surface area contributed by atoms with Gasteiger partial charge in [-0.25, -0.2) is 0 Å². The first-order valence-corrected chi connectivity index (χ1v) is 9.84. The summed E-state index contributed by atoms with van der Waals surface area (Å²) in [7, 11) is 1.69. The van der Waals surface area contributed by atoms with Gasteiger partial charge in [-0.05, 0) is 63.5 Å². The van der Waals surface area contributed by atoms with Crippen molar-refractivity contribution in [1.29, 1.82) is 0 Å². The molecule has 2 aliphatic heterocycles. The van der Waals surface area contributed by atoms with Crippen molar-refractivity contribution < 1.29 is 9.59 Å². The van der Waals surface area contributed by atoms with Crippen LogP contribution in [0.3, 0.4) is 0 Å². The summed E-state index contributed by atoms with van der Waals surface area (Å²) < 4.78 is 0. The Hall–Kier alpha value is -1.36. The number of amides is 2. The molecular weight excluding hydrogens is 314 g/mol. The maximum atomic E-state index is 13.2. The van der Waals surface area contributed by atoms with Gasteiger partial charge in [0.25, 0.3) is 0 Å². The molecule has 1 unspecified atom stereocenters. The third-order valence-electron chi connectivity index (χ3n) is 6.63. The Morgan fingerprint density at radius 3 is 2.48 bits per heavy atom. The first kappa shape index (κ1) is 18.4. The first-order chi connectivity index (χ1) is 12.0. The van der Waals surface area contributed by atoms with Gasteiger partial charge in [-0.3, -0.25) is 14.5 Å². The van der Waals surface area contributed by atoms with Crippen molar-refractivity contribution >= 4 is 11.8 Å². The number of piperidine rings is 2. The van der Waals surface area contributed by atoms with Crippen LogP contribution in [0.4, 0.5) is 0 Å². The number of nitrogens with zero attached hydrogens (tertiary/aromatic N) is 2. The minimum Gasteiger partial charge on any atom is -0.358 e. The Labute approximate surface area is 151 Å². The Morgan fingerprint density at radius 2 is 1.84 bits per heavy atom. The molecule has 5 heteroatoms. The standard InChI is InChI=1S/C20H33N3O2/c1-19(7-4-3-5-8-19)18(25)23-12-6-9-20(16-23)10-13-22(14-11-20)15-17(24)21-2/h3-4H,5-16H2,1-2H3,(H,21,24). The van der Waals surface area contributed by atoms with E-state index in [-0.39, 0.29) is 16.7 Å². The molecule has 3 aliphatic rings. The summed E-state index contributed by atoms with van der Waals surface area (Å²) >= 11 is 0. The molecule has 0 aromatic carbocycles. The number of rotatable bonds is 3. The summed E-state index contributed by atoms with van der Waals surface area (Å²) in [4.78, 5) is 29.2. The van der Waals surface area contributed by atoms with Gasteiger partial charge in [0.1, 0.15) is 0 Å². The molecule has 140 valence electrons. The van der Waals surface area contributed by atoms with E-state index in [1.165, 1.54) is 6.42 Å². The largest absolute Gasteiger partial charge is 0.358 e. The van der Waals surface area contributed by atoms with Gasteiger partial charge in [0, 0.05) is 20.1 Å². The highest BCUT2D eigenvalue weighted by molar-refractivity contribution is 5.83. The second-order valence-electron chi connectivity index (χ2n) is 8.55. The molecule has 0 aromatic heterocycles. The zero-order valence-electron chi connectivity index (χ0n) is 15.9. The topological polar surface area (TPSA) is 52.7 Å². The van der Waals surface area contributed by atoms with Crippen LogP contribution in [0.15, 0.2) is 12.2 Å². The molecule has 1 N–H and O–H groups in total. The fourth-order valence-electron chi connectivity index (χ4n) is 4.80. The van der Waals surface area contributed by atoms with Crippen LogP contribution in [0.25, 0.3) is 0 Å². The highest BCUT2D eigenvalue weighted by atomic mass is 16.2. The fourth-order valence-corrected chi connectivity index (χ4v) is 4.80. The van der Waals surface area contributed by atoms with Crippen LogP contribution in [0, 0.1) is 10.8 Å². The van der Waals surface area contributed by atoms with E-state index in [0.717, 1.165) is 64.7 Å². The molecule has 2 heterocycles. The van der Waals surface area contributed by atoms with Crippen molar-refractivity contribution in [3.05, 3.63) is 12.2 Å². The molecule has 1 spiro atoms. The molecule has 0 bridgehead atoms. The molecule has 2 fully saturated rings. The molecular formula is C20H33N3O2. The number of likely N-dealkylation sites (N-methyl/N-ethyl adjacent to an activating group) is 1. The van der Waals surface area contributed by atoms with Crippen LogP contribution < -0.4 is 5.32 Å². The summed E-state index contributed by atoms with van der Waals surface area (Å²) in [5.74, 6) is 0.457. The lowest BCUT2D eigenvalue weighted by molar-refractivity contribution is -0.146. The summed E-state index contributed by atoms with van der Waals surface area (Å²) in [6.07, 6.45) is 11.8. The lowest BCUT2D eigenvalue weighted by Gasteiger charge is -2.49. The molecule has 1 aliphatic carbocycles. The summed E-state index contributed by atoms with van der Waals surface area (Å²) in [5.41, 5.74) is 0.0706. The van der Waals surface area contributed by atoms with Crippen molar-refractivity contribution in [2.45, 2.75) is 51.9 Å². The first-order valence-electron chi connectivity index (χ1n) is 9.84. The molecule has 0 saturated carbocycles. The zero-order chi connectivity index (χ0) is 17.9. The van der Waals surface area contributed by atoms with Crippen LogP contribution in [0.2, 0.25) is 0 Å². The van der Waals surface area contributed by atoms with Gasteiger partial charge in [0.05, 0.1) is 12.0 Å². The molecule has 1 atom stereocenters. The minimum absolute atomic E-state index is 0.0923. The van der Waals surface area contributed by atoms with E-state index >= 15 is 0 Å². The van der Waals surface area contributed by atoms with Crippen molar-refractivity contribution in [3.63, 3.8) is 0 Å². The Balaban J connectivity index is 1.59. The molecule has 0 aromatic rings. The van der Waals surface area contributed by atoms with Gasteiger partial charge < -0.3 is 10.2 Å². The molecule has 2 amide bonds. The molecule has 5 nitrogen and oxygen atoms in total. The Morgan fingerprint density at radius 1 is 1.08 bits per heavy atom. The summed E-state index contributed by atoms with van der Waals surface area (Å²) in [6, 6.07) is 0. The molecule has 25 heavy (non-hydrogen) atoms. The third-order valence-corrected chi connectivity index (χ3v) is 6.63. The summed E-state index contributed by atoms with van der Waals surface area (Å²) in [6.45, 7) is 6.41. The number of hydrogen-bond donors (Lipinski definition) is 1. The second kappa shape index (κ2) is 7.48. The van der Waals surface area contributed by atoms with Gasteiger partial charge >= 0.3 is 0 Å². The van der Waals surface area contributed by atoms with Crippen molar-refractivity contribution in [2.75, 3.05) is 39.8 Å². The lowest BCUT2D eigenvalue weighted by atomic mass is 9.71. The van der Waals surface area contributed by atoms with Gasteiger partial charge in [-0.1, -0.05) is 19.1 Å². The average molecular weight is 348 g/mol. The van der Waals surface area contributed by atoms with E-state index in [1.807, 2.05) is 0 Å². The van der Waals surface area contributed by atoms with Gasteiger partial charge in [-0.15, -0.1) is 0 Å². The van der Waals surface area contributed by atoms with Crippen molar-refractivity contribution in [2.24, 2.45) is 10.8 Å². The monoisotopic (exact) mass is 347 g/mol. The lowest BCUT2D eigenvalue weighted by Crippen LogP contribution is -2.54. The van der Waals surface area contributed by atoms with Gasteiger partial charge in [0.15, 0.2) is 0 Å². The zero-order valence-corrected chi connectivity index (χ0v) is 15.9. The highest BCUT2D eigenvalue weighted by Gasteiger charge is 2.43. The number of carbonyl (C=O) groups is 2. The molecule has 0 radical (unpaired) electrons. The van der Waals surface area contributed by atoms with Crippen LogP contribution in [-0.4, -0.2) is 61.4 Å². The fraction of sp³-hybridized carbons (Fsp3) is 0.800. The van der Waals surface area contributed by atoms with Crippen LogP contribution in [0.1, 0.15) is 51.9 Å². The molecule has 3 rings (SSSR count). The Kier molecular flexibility index (Phi) is 5.52. The summed E-state index contributed by atoms with van der Waals surface area (Å²) in [5, 5.41) is 2.71. The average Bonchev–Trinajstić information content (AvgIpc) is 2.64. The van der Waals surface area contributed by atoms with E-state index < -0.39 is 0 Å². The van der Waals surface area contributed by atoms with Crippen LogP contribution >= 0.6 is 0 Å². The van der Waals surface area contributed by atoms with Crippen LogP contribution in [-0.2, 0) is 9.59 Å². The minimum atomic E-state index is -0.201. The number of likely N-dealkylation sites (tertiary alicyclic amines) is 2. The second-order valence-corrected chi connectivity index (χ2v) is 8.55. The quantitative estimate of drug-likeness (QED) is 0.796. The van der Waals surface area contributed by atoms with E-state index in [9.17, 15) is 9.59 Å². The van der Waals surface area contributed by atoms with E-state index in [1.54, 1.807) is 7.05 Å². The normalized spacial score (nSPS) is 29.6. The van der Waals surface area contributed by atoms with Gasteiger partial charge in [0.2, 0.25) is 11.8 Å². The van der Waals surface area contributed by atoms with E-state index in [2.05, 4.69) is 34.2 Å². The predicted octanol–water partition coefficient (Wildman–Crippen LogP) is 2.18. The Bertz CT molecular complexity index is 537. The van der Waals surface area contributed by atoms with E-state index in [0.29, 0.717) is 12.5 Å². The van der Waals surface area contributed by atoms with E-state index in [4.69, 9.17) is 0 Å². The molecule has 2 saturated heterocycles. The van der Waals surface area contributed by atoms with Crippen LogP contribution in [0.5, 0.6) is 0 Å². The number of nitrogens with one attached hydrogen (secondary N) is 1. The van der Waals surface area contributed by atoms with Crippen molar-refractivity contribution in [1.82, 2.24) is 15.1 Å². The SMILES string of the molecule is CNC(=O)CN1CCC2(CCCN(C(=O)C3(C)CC=CCC3)C2)CC1. The smallest absolute Gasteiger partial charge is 0.233 e. The number of hydrogen-bond acceptors (Lipinski definition) is 3. The number of allylic oxidation sites excluding steroid dienone is 2. The maximum Gasteiger partial charge on any atom is 0.233 e. The third kappa shape index (κ3) is 4.08.